The van der Waals surface area contributed by atoms with Gasteiger partial charge < -0.3 is 4.90 Å². The summed E-state index contributed by atoms with van der Waals surface area (Å²) in [6.07, 6.45) is 11.8. The molecule has 1 saturated heterocycles. The van der Waals surface area contributed by atoms with Gasteiger partial charge in [-0.05, 0) is 50.5 Å². The predicted octanol–water partition coefficient (Wildman–Crippen LogP) is 3.36. The SMILES string of the molecule is CSC1CCN(c2nc(-c3cccnc3)nc3c2CCC3)CC1. The first-order chi connectivity index (χ1) is 11.3. The van der Waals surface area contributed by atoms with Gasteiger partial charge in [-0.25, -0.2) is 9.97 Å². The Morgan fingerprint density at radius 1 is 1.17 bits per heavy atom. The van der Waals surface area contributed by atoms with Crippen molar-refractivity contribution in [3.63, 3.8) is 0 Å². The zero-order chi connectivity index (χ0) is 15.6. The second-order valence-corrected chi connectivity index (χ2v) is 7.45. The van der Waals surface area contributed by atoms with E-state index in [0.717, 1.165) is 42.6 Å². The van der Waals surface area contributed by atoms with Crippen molar-refractivity contribution >= 4 is 17.6 Å². The summed E-state index contributed by atoms with van der Waals surface area (Å²) in [6.45, 7) is 2.23. The molecule has 120 valence electrons. The van der Waals surface area contributed by atoms with Gasteiger partial charge in [-0.15, -0.1) is 0 Å². The van der Waals surface area contributed by atoms with Crippen LogP contribution in [0.2, 0.25) is 0 Å². The zero-order valence-corrected chi connectivity index (χ0v) is 14.4. The third kappa shape index (κ3) is 2.94. The molecule has 2 aliphatic rings. The Balaban J connectivity index is 1.70. The monoisotopic (exact) mass is 326 g/mol. The first-order valence-corrected chi connectivity index (χ1v) is 9.72. The van der Waals surface area contributed by atoms with Gasteiger partial charge in [0.25, 0.3) is 0 Å². The van der Waals surface area contributed by atoms with Crippen LogP contribution >= 0.6 is 11.8 Å². The molecule has 0 radical (unpaired) electrons. The minimum atomic E-state index is 0.805. The van der Waals surface area contributed by atoms with Crippen LogP contribution in [0.4, 0.5) is 5.82 Å². The molecular weight excluding hydrogens is 304 g/mol. The van der Waals surface area contributed by atoms with E-state index in [1.165, 1.54) is 36.3 Å². The molecular formula is C18H22N4S. The maximum atomic E-state index is 4.96. The second kappa shape index (κ2) is 6.48. The van der Waals surface area contributed by atoms with Gasteiger partial charge in [-0.3, -0.25) is 4.98 Å². The average Bonchev–Trinajstić information content (AvgIpc) is 3.10. The van der Waals surface area contributed by atoms with Gasteiger partial charge in [-0.2, -0.15) is 11.8 Å². The van der Waals surface area contributed by atoms with Gasteiger partial charge in [0.15, 0.2) is 5.82 Å². The molecule has 1 fully saturated rings. The number of anilines is 1. The summed E-state index contributed by atoms with van der Waals surface area (Å²) in [7, 11) is 0. The topological polar surface area (TPSA) is 41.9 Å². The van der Waals surface area contributed by atoms with Gasteiger partial charge in [-0.1, -0.05) is 0 Å². The first kappa shape index (κ1) is 14.9. The van der Waals surface area contributed by atoms with E-state index in [1.54, 1.807) is 6.20 Å². The maximum Gasteiger partial charge on any atom is 0.163 e. The lowest BCUT2D eigenvalue weighted by Gasteiger charge is -2.33. The maximum absolute atomic E-state index is 4.96. The van der Waals surface area contributed by atoms with Crippen molar-refractivity contribution in [3.8, 4) is 11.4 Å². The highest BCUT2D eigenvalue weighted by Gasteiger charge is 2.26. The molecule has 4 nitrogen and oxygen atoms in total. The number of aryl methyl sites for hydroxylation is 1. The number of thioether (sulfide) groups is 1. The lowest BCUT2D eigenvalue weighted by atomic mass is 10.1. The van der Waals surface area contributed by atoms with E-state index < -0.39 is 0 Å². The predicted molar refractivity (Wildman–Crippen MR) is 96.0 cm³/mol. The number of rotatable bonds is 3. The Hall–Kier alpha value is -1.62. The number of piperidine rings is 1. The van der Waals surface area contributed by atoms with Crippen LogP contribution in [0.1, 0.15) is 30.5 Å². The minimum absolute atomic E-state index is 0.805. The molecule has 3 heterocycles. The summed E-state index contributed by atoms with van der Waals surface area (Å²) in [6, 6.07) is 4.00. The highest BCUT2D eigenvalue weighted by Crippen LogP contribution is 2.33. The molecule has 4 rings (SSSR count). The highest BCUT2D eigenvalue weighted by atomic mass is 32.2. The van der Waals surface area contributed by atoms with E-state index in [1.807, 2.05) is 30.1 Å². The summed E-state index contributed by atoms with van der Waals surface area (Å²) in [5, 5.41) is 0.805. The van der Waals surface area contributed by atoms with E-state index in [9.17, 15) is 0 Å². The van der Waals surface area contributed by atoms with Crippen LogP contribution in [-0.4, -0.2) is 39.5 Å². The van der Waals surface area contributed by atoms with Crippen molar-refractivity contribution in [3.05, 3.63) is 35.8 Å². The standard InChI is InChI=1S/C18H22N4S/c1-23-14-7-10-22(11-8-14)18-15-5-2-6-16(15)20-17(21-18)13-4-3-9-19-12-13/h3-4,9,12,14H,2,5-8,10-11H2,1H3. The third-order valence-corrected chi connectivity index (χ3v) is 6.04. The molecule has 0 aromatic carbocycles. The van der Waals surface area contributed by atoms with Crippen molar-refractivity contribution < 1.29 is 0 Å². The summed E-state index contributed by atoms with van der Waals surface area (Å²) in [4.78, 5) is 16.5. The van der Waals surface area contributed by atoms with E-state index in [4.69, 9.17) is 9.97 Å². The number of hydrogen-bond acceptors (Lipinski definition) is 5. The summed E-state index contributed by atoms with van der Waals surface area (Å²) in [5.41, 5.74) is 3.66. The molecule has 0 amide bonds. The van der Waals surface area contributed by atoms with Crippen LogP contribution in [0, 0.1) is 0 Å². The quantitative estimate of drug-likeness (QED) is 0.865. The number of hydrogen-bond donors (Lipinski definition) is 0. The van der Waals surface area contributed by atoms with Gasteiger partial charge in [0.2, 0.25) is 0 Å². The van der Waals surface area contributed by atoms with Crippen LogP contribution in [0.5, 0.6) is 0 Å². The van der Waals surface area contributed by atoms with Gasteiger partial charge >= 0.3 is 0 Å². The average molecular weight is 326 g/mol. The van der Waals surface area contributed by atoms with Gasteiger partial charge in [0.1, 0.15) is 5.82 Å². The Morgan fingerprint density at radius 3 is 2.78 bits per heavy atom. The fraction of sp³-hybridized carbons (Fsp3) is 0.500. The van der Waals surface area contributed by atoms with Crippen molar-refractivity contribution in [1.82, 2.24) is 15.0 Å². The Morgan fingerprint density at radius 2 is 2.04 bits per heavy atom. The third-order valence-electron chi connectivity index (χ3n) is 4.91. The van der Waals surface area contributed by atoms with Crippen LogP contribution in [-0.2, 0) is 12.8 Å². The molecule has 0 unspecified atom stereocenters. The number of fused-ring (bicyclic) bond motifs is 1. The molecule has 0 bridgehead atoms. The van der Waals surface area contributed by atoms with E-state index >= 15 is 0 Å². The molecule has 0 saturated carbocycles. The van der Waals surface area contributed by atoms with Crippen molar-refractivity contribution in [2.24, 2.45) is 0 Å². The zero-order valence-electron chi connectivity index (χ0n) is 13.5. The molecule has 0 atom stereocenters. The van der Waals surface area contributed by atoms with Gasteiger partial charge in [0.05, 0.1) is 0 Å². The second-order valence-electron chi connectivity index (χ2n) is 6.31. The largest absolute Gasteiger partial charge is 0.356 e. The molecule has 5 heteroatoms. The Bertz CT molecular complexity index is 681. The molecule has 0 N–H and O–H groups in total. The minimum Gasteiger partial charge on any atom is -0.356 e. The molecule has 2 aromatic heterocycles. The Labute approximate surface area is 141 Å². The number of aromatic nitrogens is 3. The fourth-order valence-electron chi connectivity index (χ4n) is 3.60. The van der Waals surface area contributed by atoms with Crippen LogP contribution in [0.3, 0.4) is 0 Å². The summed E-state index contributed by atoms with van der Waals surface area (Å²) < 4.78 is 0. The normalized spacial score (nSPS) is 18.2. The van der Waals surface area contributed by atoms with E-state index in [2.05, 4.69) is 16.1 Å². The summed E-state index contributed by atoms with van der Waals surface area (Å²) in [5.74, 6) is 2.02. The Kier molecular flexibility index (Phi) is 4.21. The molecule has 0 spiro atoms. The molecule has 2 aromatic rings. The highest BCUT2D eigenvalue weighted by molar-refractivity contribution is 7.99. The van der Waals surface area contributed by atoms with Crippen molar-refractivity contribution in [2.75, 3.05) is 24.2 Å². The number of nitrogens with zero attached hydrogens (tertiary/aromatic N) is 4. The van der Waals surface area contributed by atoms with Crippen LogP contribution in [0.25, 0.3) is 11.4 Å². The molecule has 23 heavy (non-hydrogen) atoms. The van der Waals surface area contributed by atoms with E-state index in [0.29, 0.717) is 0 Å². The van der Waals surface area contributed by atoms with Crippen molar-refractivity contribution in [2.45, 2.75) is 37.4 Å². The molecule has 1 aliphatic carbocycles. The van der Waals surface area contributed by atoms with E-state index in [-0.39, 0.29) is 0 Å². The van der Waals surface area contributed by atoms with Crippen LogP contribution < -0.4 is 4.90 Å². The van der Waals surface area contributed by atoms with Gasteiger partial charge in [0, 0.05) is 47.6 Å². The van der Waals surface area contributed by atoms with Crippen LogP contribution in [0.15, 0.2) is 24.5 Å². The lowest BCUT2D eigenvalue weighted by Crippen LogP contribution is -2.36. The fourth-order valence-corrected chi connectivity index (χ4v) is 4.28. The lowest BCUT2D eigenvalue weighted by molar-refractivity contribution is 0.585. The smallest absolute Gasteiger partial charge is 0.163 e. The number of pyridine rings is 1. The first-order valence-electron chi connectivity index (χ1n) is 8.43. The molecule has 1 aliphatic heterocycles. The summed E-state index contributed by atoms with van der Waals surface area (Å²) >= 11 is 2.00. The van der Waals surface area contributed by atoms with Crippen molar-refractivity contribution in [1.29, 1.82) is 0 Å².